The molecule has 0 aliphatic carbocycles. The molecule has 0 radical (unpaired) electrons. The summed E-state index contributed by atoms with van der Waals surface area (Å²) >= 11 is 0. The van der Waals surface area contributed by atoms with Gasteiger partial charge in [0.1, 0.15) is 0 Å². The normalized spacial score (nSPS) is 11.9. The van der Waals surface area contributed by atoms with Gasteiger partial charge in [0, 0.05) is 6.42 Å². The zero-order valence-electron chi connectivity index (χ0n) is 8.33. The molecule has 7 heteroatoms. The van der Waals surface area contributed by atoms with Crippen LogP contribution in [0.2, 0.25) is 0 Å². The minimum Gasteiger partial charge on any atom is -0.350 e. The van der Waals surface area contributed by atoms with Crippen molar-refractivity contribution in [2.45, 2.75) is 25.2 Å². The summed E-state index contributed by atoms with van der Waals surface area (Å²) in [6.07, 6.45) is -3.24. The van der Waals surface area contributed by atoms with Gasteiger partial charge >= 0.3 is 12.3 Å². The minimum absolute atomic E-state index is 0.0418. The first-order chi connectivity index (χ1) is 6.90. The summed E-state index contributed by atoms with van der Waals surface area (Å²) in [5, 5.41) is 4.53. The monoisotopic (exact) mass is 230 g/mol. The van der Waals surface area contributed by atoms with Crippen molar-refractivity contribution in [2.24, 2.45) is 0 Å². The van der Waals surface area contributed by atoms with Crippen molar-refractivity contribution in [1.29, 1.82) is 0 Å². The minimum atomic E-state index is -4.15. The lowest BCUT2D eigenvalue weighted by Gasteiger charge is -2.15. The van der Waals surface area contributed by atoms with Gasteiger partial charge < -0.3 is 10.6 Å². The molecule has 0 saturated heterocycles. The molecule has 0 rings (SSSR count). The lowest BCUT2D eigenvalue weighted by atomic mass is 10.3. The Morgan fingerprint density at radius 1 is 1.40 bits per heavy atom. The van der Waals surface area contributed by atoms with Gasteiger partial charge in [-0.05, 0) is 20.0 Å². The standard InChI is InChI=1S/C8H14F4N2O/c1-13-4-2-3-6(15)14-5-8(11,12)7(9)10/h7,13H,2-5H2,1H3,(H,14,15). The highest BCUT2D eigenvalue weighted by atomic mass is 19.3. The number of hydrogen-bond donors (Lipinski definition) is 2. The fraction of sp³-hybridized carbons (Fsp3) is 0.875. The van der Waals surface area contributed by atoms with E-state index in [-0.39, 0.29) is 6.42 Å². The van der Waals surface area contributed by atoms with E-state index in [2.05, 4.69) is 5.32 Å². The Morgan fingerprint density at radius 3 is 2.47 bits per heavy atom. The molecule has 0 aromatic carbocycles. The van der Waals surface area contributed by atoms with Gasteiger partial charge in [0.25, 0.3) is 0 Å². The van der Waals surface area contributed by atoms with Crippen LogP contribution in [0.4, 0.5) is 17.6 Å². The molecule has 0 heterocycles. The second-order valence-corrected chi connectivity index (χ2v) is 3.05. The maximum atomic E-state index is 12.3. The zero-order chi connectivity index (χ0) is 11.9. The molecule has 0 aliphatic rings. The van der Waals surface area contributed by atoms with E-state index in [1.165, 1.54) is 0 Å². The molecule has 90 valence electrons. The smallest absolute Gasteiger partial charge is 0.324 e. The quantitative estimate of drug-likeness (QED) is 0.506. The summed E-state index contributed by atoms with van der Waals surface area (Å²) in [5.41, 5.74) is 0. The lowest BCUT2D eigenvalue weighted by Crippen LogP contribution is -2.41. The first-order valence-electron chi connectivity index (χ1n) is 4.47. The number of halogens is 4. The lowest BCUT2D eigenvalue weighted by molar-refractivity contribution is -0.136. The largest absolute Gasteiger partial charge is 0.350 e. The summed E-state index contributed by atoms with van der Waals surface area (Å²) in [7, 11) is 1.68. The predicted molar refractivity (Wildman–Crippen MR) is 47.1 cm³/mol. The molecule has 0 fully saturated rings. The maximum Gasteiger partial charge on any atom is 0.324 e. The van der Waals surface area contributed by atoms with Crippen LogP contribution in [0.1, 0.15) is 12.8 Å². The predicted octanol–water partition coefficient (Wildman–Crippen LogP) is 1.00. The number of alkyl halides is 4. The summed E-state index contributed by atoms with van der Waals surface area (Å²) in [6.45, 7) is -0.748. The summed E-state index contributed by atoms with van der Waals surface area (Å²) in [6, 6.07) is 0. The number of hydrogen-bond acceptors (Lipinski definition) is 2. The molecule has 0 bridgehead atoms. The van der Waals surface area contributed by atoms with Crippen LogP contribution in [-0.2, 0) is 4.79 Å². The van der Waals surface area contributed by atoms with Crippen LogP contribution >= 0.6 is 0 Å². The van der Waals surface area contributed by atoms with Gasteiger partial charge in [-0.1, -0.05) is 0 Å². The molecular weight excluding hydrogens is 216 g/mol. The van der Waals surface area contributed by atoms with Gasteiger partial charge in [0.2, 0.25) is 5.91 Å². The Morgan fingerprint density at radius 2 is 2.00 bits per heavy atom. The van der Waals surface area contributed by atoms with Crippen molar-refractivity contribution >= 4 is 5.91 Å². The van der Waals surface area contributed by atoms with E-state index in [4.69, 9.17) is 0 Å². The Labute approximate surface area is 85.2 Å². The molecule has 0 atom stereocenters. The third-order valence-electron chi connectivity index (χ3n) is 1.67. The first-order valence-corrected chi connectivity index (χ1v) is 4.47. The highest BCUT2D eigenvalue weighted by Crippen LogP contribution is 2.21. The second kappa shape index (κ2) is 6.60. The summed E-state index contributed by atoms with van der Waals surface area (Å²) < 4.78 is 48.0. The van der Waals surface area contributed by atoms with E-state index in [1.54, 1.807) is 12.4 Å². The van der Waals surface area contributed by atoms with Crippen molar-refractivity contribution < 1.29 is 22.4 Å². The van der Waals surface area contributed by atoms with Gasteiger partial charge in [-0.15, -0.1) is 0 Å². The summed E-state index contributed by atoms with van der Waals surface area (Å²) in [4.78, 5) is 10.9. The zero-order valence-corrected chi connectivity index (χ0v) is 8.33. The highest BCUT2D eigenvalue weighted by Gasteiger charge is 2.40. The Kier molecular flexibility index (Phi) is 6.23. The van der Waals surface area contributed by atoms with Crippen molar-refractivity contribution in [3.05, 3.63) is 0 Å². The number of carbonyl (C=O) groups is 1. The summed E-state index contributed by atoms with van der Waals surface area (Å²) in [5.74, 6) is -4.80. The fourth-order valence-corrected chi connectivity index (χ4v) is 0.808. The Balaban J connectivity index is 3.71. The third kappa shape index (κ3) is 6.27. The van der Waals surface area contributed by atoms with Crippen LogP contribution < -0.4 is 10.6 Å². The van der Waals surface area contributed by atoms with E-state index >= 15 is 0 Å². The van der Waals surface area contributed by atoms with E-state index in [0.717, 1.165) is 0 Å². The van der Waals surface area contributed by atoms with Crippen molar-refractivity contribution in [1.82, 2.24) is 10.6 Å². The number of amides is 1. The van der Waals surface area contributed by atoms with E-state index in [0.29, 0.717) is 13.0 Å². The second-order valence-electron chi connectivity index (χ2n) is 3.05. The van der Waals surface area contributed by atoms with Gasteiger partial charge in [-0.2, -0.15) is 8.78 Å². The fourth-order valence-electron chi connectivity index (χ4n) is 0.808. The molecule has 0 unspecified atom stereocenters. The number of rotatable bonds is 7. The topological polar surface area (TPSA) is 41.1 Å². The Bertz CT molecular complexity index is 199. The SMILES string of the molecule is CNCCCC(=O)NCC(F)(F)C(F)F. The van der Waals surface area contributed by atoms with E-state index in [9.17, 15) is 22.4 Å². The molecule has 2 N–H and O–H groups in total. The molecule has 3 nitrogen and oxygen atoms in total. The van der Waals surface area contributed by atoms with Crippen molar-refractivity contribution in [2.75, 3.05) is 20.1 Å². The van der Waals surface area contributed by atoms with Crippen LogP contribution in [0.15, 0.2) is 0 Å². The number of carbonyl (C=O) groups excluding carboxylic acids is 1. The van der Waals surface area contributed by atoms with Gasteiger partial charge in [-0.25, -0.2) is 8.78 Å². The van der Waals surface area contributed by atoms with Crippen LogP contribution in [0.25, 0.3) is 0 Å². The molecular formula is C8H14F4N2O. The third-order valence-corrected chi connectivity index (χ3v) is 1.67. The van der Waals surface area contributed by atoms with Crippen molar-refractivity contribution in [3.63, 3.8) is 0 Å². The van der Waals surface area contributed by atoms with E-state index < -0.39 is 24.8 Å². The molecule has 0 saturated carbocycles. The first kappa shape index (κ1) is 14.2. The van der Waals surface area contributed by atoms with Crippen LogP contribution in [0, 0.1) is 0 Å². The van der Waals surface area contributed by atoms with Crippen LogP contribution in [0.5, 0.6) is 0 Å². The Hall–Kier alpha value is -0.850. The van der Waals surface area contributed by atoms with Gasteiger partial charge in [-0.3, -0.25) is 4.79 Å². The van der Waals surface area contributed by atoms with Gasteiger partial charge in [0.15, 0.2) is 0 Å². The molecule has 0 aromatic rings. The molecule has 0 spiro atoms. The highest BCUT2D eigenvalue weighted by molar-refractivity contribution is 5.75. The molecule has 0 aliphatic heterocycles. The maximum absolute atomic E-state index is 12.3. The van der Waals surface area contributed by atoms with Crippen molar-refractivity contribution in [3.8, 4) is 0 Å². The van der Waals surface area contributed by atoms with E-state index in [1.807, 2.05) is 0 Å². The average Bonchev–Trinajstić information content (AvgIpc) is 2.15. The molecule has 15 heavy (non-hydrogen) atoms. The average molecular weight is 230 g/mol. The van der Waals surface area contributed by atoms with Gasteiger partial charge in [0.05, 0.1) is 6.54 Å². The number of nitrogens with one attached hydrogen (secondary N) is 2. The molecule has 0 aromatic heterocycles. The van der Waals surface area contributed by atoms with Crippen LogP contribution in [0.3, 0.4) is 0 Å². The molecule has 1 amide bonds. The van der Waals surface area contributed by atoms with Crippen LogP contribution in [-0.4, -0.2) is 38.4 Å².